The van der Waals surface area contributed by atoms with E-state index in [4.69, 9.17) is 4.42 Å². The fourth-order valence-electron chi connectivity index (χ4n) is 1.95. The second kappa shape index (κ2) is 5.63. The highest BCUT2D eigenvalue weighted by Gasteiger charge is 2.18. The number of rotatable bonds is 4. The van der Waals surface area contributed by atoms with Gasteiger partial charge in [0.2, 0.25) is 0 Å². The minimum atomic E-state index is -0.667. The maximum atomic E-state index is 11.7. The fourth-order valence-corrected chi connectivity index (χ4v) is 1.95. The molecule has 0 aliphatic carbocycles. The number of hydrogen-bond acceptors (Lipinski definition) is 5. The van der Waals surface area contributed by atoms with Crippen LogP contribution in [-0.2, 0) is 0 Å². The Hall–Kier alpha value is -1.89. The summed E-state index contributed by atoms with van der Waals surface area (Å²) in [4.78, 5) is 21.4. The van der Waals surface area contributed by atoms with Crippen LogP contribution < -0.4 is 10.6 Å². The van der Waals surface area contributed by atoms with Crippen molar-refractivity contribution in [1.82, 2.24) is 10.6 Å². The number of nitrogens with one attached hydrogen (secondary N) is 2. The Bertz CT molecular complexity index is 437. The van der Waals surface area contributed by atoms with Crippen LogP contribution in [0.3, 0.4) is 0 Å². The van der Waals surface area contributed by atoms with E-state index in [9.17, 15) is 14.9 Å². The third-order valence-corrected chi connectivity index (χ3v) is 2.92. The molecular formula is C11H15N3O4. The van der Waals surface area contributed by atoms with Crippen molar-refractivity contribution in [1.29, 1.82) is 0 Å². The van der Waals surface area contributed by atoms with Crippen molar-refractivity contribution in [2.24, 2.45) is 0 Å². The van der Waals surface area contributed by atoms with Gasteiger partial charge in [0.05, 0.1) is 6.07 Å². The van der Waals surface area contributed by atoms with Crippen molar-refractivity contribution < 1.29 is 14.1 Å². The van der Waals surface area contributed by atoms with Gasteiger partial charge < -0.3 is 15.1 Å². The summed E-state index contributed by atoms with van der Waals surface area (Å²) in [7, 11) is 0. The molecule has 98 valence electrons. The van der Waals surface area contributed by atoms with Crippen LogP contribution >= 0.6 is 0 Å². The smallest absolute Gasteiger partial charge is 0.395 e. The first-order valence-corrected chi connectivity index (χ1v) is 5.92. The molecule has 1 aliphatic heterocycles. The molecule has 18 heavy (non-hydrogen) atoms. The number of nitro groups is 1. The molecule has 0 aromatic carbocycles. The highest BCUT2D eigenvalue weighted by molar-refractivity contribution is 5.91. The number of hydrogen-bond donors (Lipinski definition) is 2. The van der Waals surface area contributed by atoms with Crippen molar-refractivity contribution in [3.05, 3.63) is 28.0 Å². The van der Waals surface area contributed by atoms with Gasteiger partial charge in [0.15, 0.2) is 5.76 Å². The summed E-state index contributed by atoms with van der Waals surface area (Å²) in [5.41, 5.74) is 0. The van der Waals surface area contributed by atoms with Crippen molar-refractivity contribution in [2.75, 3.05) is 13.1 Å². The van der Waals surface area contributed by atoms with Crippen molar-refractivity contribution >= 4 is 11.8 Å². The Balaban J connectivity index is 1.84. The molecule has 2 rings (SSSR count). The predicted molar refractivity (Wildman–Crippen MR) is 63.3 cm³/mol. The molecule has 2 N–H and O–H groups in total. The average molecular weight is 253 g/mol. The highest BCUT2D eigenvalue weighted by atomic mass is 16.6. The lowest BCUT2D eigenvalue weighted by Gasteiger charge is -2.23. The van der Waals surface area contributed by atoms with Crippen molar-refractivity contribution in [2.45, 2.75) is 25.3 Å². The topological polar surface area (TPSA) is 97.4 Å². The van der Waals surface area contributed by atoms with Gasteiger partial charge in [-0.15, -0.1) is 0 Å². The quantitative estimate of drug-likeness (QED) is 0.617. The van der Waals surface area contributed by atoms with Gasteiger partial charge in [-0.3, -0.25) is 14.9 Å². The zero-order valence-electron chi connectivity index (χ0n) is 9.85. The number of furan rings is 1. The molecule has 1 amide bonds. The molecule has 0 spiro atoms. The lowest BCUT2D eigenvalue weighted by atomic mass is 10.1. The first kappa shape index (κ1) is 12.6. The van der Waals surface area contributed by atoms with Crippen LogP contribution in [0.25, 0.3) is 0 Å². The minimum absolute atomic E-state index is 0.0301. The molecule has 1 fully saturated rings. The summed E-state index contributed by atoms with van der Waals surface area (Å²) in [6.07, 6.45) is 3.34. The van der Waals surface area contributed by atoms with E-state index in [1.165, 1.54) is 12.1 Å². The summed E-state index contributed by atoms with van der Waals surface area (Å²) in [5.74, 6) is -0.871. The zero-order valence-corrected chi connectivity index (χ0v) is 9.85. The van der Waals surface area contributed by atoms with E-state index in [0.29, 0.717) is 6.54 Å². The zero-order chi connectivity index (χ0) is 13.0. The van der Waals surface area contributed by atoms with Gasteiger partial charge in [0, 0.05) is 12.6 Å². The summed E-state index contributed by atoms with van der Waals surface area (Å²) < 4.78 is 4.82. The van der Waals surface area contributed by atoms with Gasteiger partial charge in [0.25, 0.3) is 5.91 Å². The Kier molecular flexibility index (Phi) is 3.93. The van der Waals surface area contributed by atoms with Crippen LogP contribution in [0.15, 0.2) is 16.5 Å². The summed E-state index contributed by atoms with van der Waals surface area (Å²) in [6, 6.07) is 2.75. The van der Waals surface area contributed by atoms with Gasteiger partial charge in [-0.25, -0.2) is 0 Å². The lowest BCUT2D eigenvalue weighted by molar-refractivity contribution is -0.402. The van der Waals surface area contributed by atoms with E-state index >= 15 is 0 Å². The Morgan fingerprint density at radius 1 is 1.56 bits per heavy atom. The second-order valence-corrected chi connectivity index (χ2v) is 4.25. The second-order valence-electron chi connectivity index (χ2n) is 4.25. The van der Waals surface area contributed by atoms with E-state index in [-0.39, 0.29) is 11.8 Å². The van der Waals surface area contributed by atoms with Crippen molar-refractivity contribution in [3.63, 3.8) is 0 Å². The van der Waals surface area contributed by atoms with Crippen LogP contribution in [0.5, 0.6) is 0 Å². The Morgan fingerprint density at radius 2 is 2.39 bits per heavy atom. The van der Waals surface area contributed by atoms with Crippen molar-refractivity contribution in [3.8, 4) is 0 Å². The van der Waals surface area contributed by atoms with Gasteiger partial charge in [-0.1, -0.05) is 6.42 Å². The van der Waals surface area contributed by atoms with Gasteiger partial charge in [-0.2, -0.15) is 0 Å². The highest BCUT2D eigenvalue weighted by Crippen LogP contribution is 2.15. The molecule has 1 atom stereocenters. The molecule has 1 aromatic heterocycles. The lowest BCUT2D eigenvalue weighted by Crippen LogP contribution is -2.43. The molecule has 1 unspecified atom stereocenters. The van der Waals surface area contributed by atoms with Gasteiger partial charge >= 0.3 is 5.88 Å². The van der Waals surface area contributed by atoms with Crippen LogP contribution in [0.1, 0.15) is 29.8 Å². The van der Waals surface area contributed by atoms with Gasteiger partial charge in [-0.05, 0) is 25.5 Å². The normalized spacial score (nSPS) is 19.4. The number of carbonyl (C=O) groups is 1. The number of carbonyl (C=O) groups excluding carboxylic acids is 1. The maximum Gasteiger partial charge on any atom is 0.433 e. The first-order chi connectivity index (χ1) is 8.66. The Labute approximate surface area is 104 Å². The van der Waals surface area contributed by atoms with Crippen LogP contribution in [-0.4, -0.2) is 30.0 Å². The van der Waals surface area contributed by atoms with Crippen LogP contribution in [0.2, 0.25) is 0 Å². The summed E-state index contributed by atoms with van der Waals surface area (Å²) in [5, 5.41) is 16.4. The maximum absolute atomic E-state index is 11.7. The van der Waals surface area contributed by atoms with Crippen LogP contribution in [0, 0.1) is 10.1 Å². The standard InChI is InChI=1S/C11H15N3O4/c15-11(9-4-5-10(18-9)14(16)17)13-7-8-3-1-2-6-12-8/h4-5,8,12H,1-3,6-7H2,(H,13,15). The molecule has 0 bridgehead atoms. The predicted octanol–water partition coefficient (Wildman–Crippen LogP) is 1.06. The molecule has 1 saturated heterocycles. The molecule has 0 radical (unpaired) electrons. The van der Waals surface area contributed by atoms with E-state index in [1.54, 1.807) is 0 Å². The van der Waals surface area contributed by atoms with Gasteiger partial charge in [0.1, 0.15) is 4.92 Å². The minimum Gasteiger partial charge on any atom is -0.395 e. The van der Waals surface area contributed by atoms with E-state index in [0.717, 1.165) is 25.8 Å². The number of piperidine rings is 1. The molecule has 2 heterocycles. The molecule has 7 heteroatoms. The summed E-state index contributed by atoms with van der Waals surface area (Å²) in [6.45, 7) is 1.47. The molecule has 1 aliphatic rings. The first-order valence-electron chi connectivity index (χ1n) is 5.92. The molecule has 0 saturated carbocycles. The van der Waals surface area contributed by atoms with E-state index in [1.807, 2.05) is 0 Å². The number of amides is 1. The molecule has 7 nitrogen and oxygen atoms in total. The summed E-state index contributed by atoms with van der Waals surface area (Å²) >= 11 is 0. The fraction of sp³-hybridized carbons (Fsp3) is 0.545. The number of nitrogens with zero attached hydrogens (tertiary/aromatic N) is 1. The van der Waals surface area contributed by atoms with E-state index < -0.39 is 16.7 Å². The van der Waals surface area contributed by atoms with E-state index in [2.05, 4.69) is 10.6 Å². The molecular weight excluding hydrogens is 238 g/mol. The van der Waals surface area contributed by atoms with Crippen LogP contribution in [0.4, 0.5) is 5.88 Å². The Morgan fingerprint density at radius 3 is 3.00 bits per heavy atom. The average Bonchev–Trinajstić information content (AvgIpc) is 2.87. The monoisotopic (exact) mass is 253 g/mol. The SMILES string of the molecule is O=C(NCC1CCCCN1)c1ccc([N+](=O)[O-])o1. The molecule has 1 aromatic rings. The largest absolute Gasteiger partial charge is 0.433 e. The third kappa shape index (κ3) is 3.07. The third-order valence-electron chi connectivity index (χ3n) is 2.92.